The molecule has 2 N–H and O–H groups in total. The number of hydrogen-bond donors (Lipinski definition) is 2. The van der Waals surface area contributed by atoms with Gasteiger partial charge in [-0.3, -0.25) is 4.79 Å². The molecule has 1 atom stereocenters. The highest BCUT2D eigenvalue weighted by Gasteiger charge is 2.11. The molecule has 0 radical (unpaired) electrons. The van der Waals surface area contributed by atoms with Gasteiger partial charge in [0.2, 0.25) is 5.91 Å². The number of carbonyl (C=O) groups is 1. The van der Waals surface area contributed by atoms with Crippen molar-refractivity contribution in [1.82, 2.24) is 10.6 Å². The van der Waals surface area contributed by atoms with Gasteiger partial charge in [-0.15, -0.1) is 0 Å². The van der Waals surface area contributed by atoms with Gasteiger partial charge in [0, 0.05) is 6.04 Å². The fraction of sp³-hybridized carbons (Fsp3) is 0.909. The maximum Gasteiger partial charge on any atom is 0.237 e. The average Bonchev–Trinajstić information content (AvgIpc) is 2.16. The van der Waals surface area contributed by atoms with Gasteiger partial charge >= 0.3 is 0 Å². The van der Waals surface area contributed by atoms with E-state index in [1.165, 1.54) is 11.5 Å². The van der Waals surface area contributed by atoms with Gasteiger partial charge in [0.05, 0.1) is 6.04 Å². The minimum atomic E-state index is -0.0842. The number of hydrogen-bond acceptors (Lipinski definition) is 3. The zero-order valence-electron chi connectivity index (χ0n) is 10.3. The minimum absolute atomic E-state index is 0.0842. The Morgan fingerprint density at radius 1 is 1.33 bits per heavy atom. The second kappa shape index (κ2) is 9.04. The molecule has 0 fully saturated rings. The smallest absolute Gasteiger partial charge is 0.237 e. The van der Waals surface area contributed by atoms with Gasteiger partial charge in [-0.2, -0.15) is 11.8 Å². The molecule has 0 aliphatic carbocycles. The fourth-order valence-corrected chi connectivity index (χ4v) is 1.78. The van der Waals surface area contributed by atoms with Gasteiger partial charge in [0.1, 0.15) is 0 Å². The number of carbonyl (C=O) groups excluding carboxylic acids is 1. The third kappa shape index (κ3) is 8.75. The Bertz CT molecular complexity index is 174. The van der Waals surface area contributed by atoms with Crippen LogP contribution in [0.4, 0.5) is 0 Å². The van der Waals surface area contributed by atoms with E-state index in [0.29, 0.717) is 0 Å². The quantitative estimate of drug-likeness (QED) is 0.625. The van der Waals surface area contributed by atoms with Crippen LogP contribution in [-0.2, 0) is 4.79 Å². The van der Waals surface area contributed by atoms with E-state index in [9.17, 15) is 4.79 Å². The van der Waals surface area contributed by atoms with Crippen molar-refractivity contribution in [1.29, 1.82) is 0 Å². The molecule has 0 bridgehead atoms. The Morgan fingerprint density at radius 3 is 2.53 bits per heavy atom. The van der Waals surface area contributed by atoms with Crippen LogP contribution in [0, 0.1) is 0 Å². The van der Waals surface area contributed by atoms with E-state index in [4.69, 9.17) is 0 Å². The summed E-state index contributed by atoms with van der Waals surface area (Å²) >= 11 is 1.94. The Balaban J connectivity index is 3.47. The van der Waals surface area contributed by atoms with Crippen LogP contribution in [0.2, 0.25) is 0 Å². The molecule has 1 unspecified atom stereocenters. The van der Waals surface area contributed by atoms with Crippen LogP contribution >= 0.6 is 11.8 Å². The Kier molecular flexibility index (Phi) is 8.91. The molecule has 0 aromatic carbocycles. The molecule has 15 heavy (non-hydrogen) atoms. The van der Waals surface area contributed by atoms with Crippen LogP contribution in [-0.4, -0.2) is 36.0 Å². The first-order valence-corrected chi connectivity index (χ1v) is 6.84. The summed E-state index contributed by atoms with van der Waals surface area (Å²) in [6, 6.07) is 0.136. The molecular formula is C11H24N2OS. The minimum Gasteiger partial charge on any atom is -0.353 e. The molecule has 0 aliphatic rings. The maximum absolute atomic E-state index is 11.5. The van der Waals surface area contributed by atoms with E-state index in [0.717, 1.165) is 13.0 Å². The molecule has 0 rings (SSSR count). The lowest BCUT2D eigenvalue weighted by Crippen LogP contribution is -2.44. The third-order valence-electron chi connectivity index (χ3n) is 1.94. The van der Waals surface area contributed by atoms with E-state index < -0.39 is 0 Å². The molecule has 0 saturated carbocycles. The van der Waals surface area contributed by atoms with Crippen LogP contribution in [0.3, 0.4) is 0 Å². The summed E-state index contributed by atoms with van der Waals surface area (Å²) in [5, 5.41) is 6.11. The molecule has 0 aliphatic heterocycles. The predicted octanol–water partition coefficient (Wildman–Crippen LogP) is 1.63. The standard InChI is InChI=1S/C11H24N2OS/c1-5-15-8-6-7-12-10(4)11(14)13-9(2)3/h9-10,12H,5-8H2,1-4H3,(H,13,14). The van der Waals surface area contributed by atoms with Crippen molar-refractivity contribution in [2.24, 2.45) is 0 Å². The van der Waals surface area contributed by atoms with Crippen molar-refractivity contribution in [2.75, 3.05) is 18.1 Å². The SMILES string of the molecule is CCSCCCNC(C)C(=O)NC(C)C. The summed E-state index contributed by atoms with van der Waals surface area (Å²) in [6.45, 7) is 8.94. The van der Waals surface area contributed by atoms with Gasteiger partial charge in [-0.05, 0) is 45.2 Å². The molecule has 0 spiro atoms. The lowest BCUT2D eigenvalue weighted by atomic mass is 10.2. The molecule has 90 valence electrons. The Morgan fingerprint density at radius 2 is 2.00 bits per heavy atom. The highest BCUT2D eigenvalue weighted by molar-refractivity contribution is 7.99. The second-order valence-electron chi connectivity index (χ2n) is 3.89. The summed E-state index contributed by atoms with van der Waals surface area (Å²) < 4.78 is 0. The number of nitrogens with one attached hydrogen (secondary N) is 2. The van der Waals surface area contributed by atoms with Crippen molar-refractivity contribution < 1.29 is 4.79 Å². The first kappa shape index (κ1) is 14.8. The second-order valence-corrected chi connectivity index (χ2v) is 5.28. The van der Waals surface area contributed by atoms with E-state index in [1.807, 2.05) is 32.5 Å². The van der Waals surface area contributed by atoms with Crippen LogP contribution in [0.15, 0.2) is 0 Å². The summed E-state index contributed by atoms with van der Waals surface area (Å²) in [6.07, 6.45) is 1.12. The molecule has 3 nitrogen and oxygen atoms in total. The predicted molar refractivity (Wildman–Crippen MR) is 68.4 cm³/mol. The number of rotatable bonds is 8. The lowest BCUT2D eigenvalue weighted by Gasteiger charge is -2.15. The molecular weight excluding hydrogens is 208 g/mol. The Labute approximate surface area is 97.8 Å². The van der Waals surface area contributed by atoms with Crippen molar-refractivity contribution in [3.05, 3.63) is 0 Å². The number of thioether (sulfide) groups is 1. The topological polar surface area (TPSA) is 41.1 Å². The molecule has 0 aromatic rings. The van der Waals surface area contributed by atoms with Gasteiger partial charge in [-0.1, -0.05) is 6.92 Å². The summed E-state index contributed by atoms with van der Waals surface area (Å²) in [5.74, 6) is 2.43. The zero-order valence-corrected chi connectivity index (χ0v) is 11.1. The average molecular weight is 232 g/mol. The third-order valence-corrected chi connectivity index (χ3v) is 2.93. The first-order valence-electron chi connectivity index (χ1n) is 5.69. The van der Waals surface area contributed by atoms with Gasteiger partial charge < -0.3 is 10.6 Å². The van der Waals surface area contributed by atoms with Crippen LogP contribution in [0.25, 0.3) is 0 Å². The summed E-state index contributed by atoms with van der Waals surface area (Å²) in [5.41, 5.74) is 0. The van der Waals surface area contributed by atoms with Crippen LogP contribution in [0.1, 0.15) is 34.1 Å². The maximum atomic E-state index is 11.5. The van der Waals surface area contributed by atoms with Crippen LogP contribution in [0.5, 0.6) is 0 Å². The molecule has 0 heterocycles. The summed E-state index contributed by atoms with van der Waals surface area (Å²) in [7, 11) is 0. The molecule has 0 saturated heterocycles. The van der Waals surface area contributed by atoms with E-state index in [-0.39, 0.29) is 18.0 Å². The fourth-order valence-electron chi connectivity index (χ4n) is 1.14. The van der Waals surface area contributed by atoms with Gasteiger partial charge in [0.25, 0.3) is 0 Å². The lowest BCUT2D eigenvalue weighted by molar-refractivity contribution is -0.123. The summed E-state index contributed by atoms with van der Waals surface area (Å²) in [4.78, 5) is 11.5. The van der Waals surface area contributed by atoms with Crippen molar-refractivity contribution >= 4 is 17.7 Å². The van der Waals surface area contributed by atoms with Crippen molar-refractivity contribution in [3.63, 3.8) is 0 Å². The van der Waals surface area contributed by atoms with Crippen molar-refractivity contribution in [2.45, 2.75) is 46.2 Å². The number of amides is 1. The molecule has 4 heteroatoms. The highest BCUT2D eigenvalue weighted by Crippen LogP contribution is 1.99. The van der Waals surface area contributed by atoms with E-state index >= 15 is 0 Å². The Hall–Kier alpha value is -0.220. The van der Waals surface area contributed by atoms with Gasteiger partial charge in [-0.25, -0.2) is 0 Å². The van der Waals surface area contributed by atoms with Crippen LogP contribution < -0.4 is 10.6 Å². The van der Waals surface area contributed by atoms with E-state index in [2.05, 4.69) is 17.6 Å². The monoisotopic (exact) mass is 232 g/mol. The molecule has 1 amide bonds. The largest absolute Gasteiger partial charge is 0.353 e. The zero-order chi connectivity index (χ0) is 11.7. The first-order chi connectivity index (χ1) is 7.07. The normalized spacial score (nSPS) is 12.9. The van der Waals surface area contributed by atoms with E-state index in [1.54, 1.807) is 0 Å². The molecule has 0 aromatic heterocycles. The van der Waals surface area contributed by atoms with Gasteiger partial charge in [0.15, 0.2) is 0 Å². The van der Waals surface area contributed by atoms with Crippen molar-refractivity contribution in [3.8, 4) is 0 Å². The highest BCUT2D eigenvalue weighted by atomic mass is 32.2.